The van der Waals surface area contributed by atoms with Crippen molar-refractivity contribution in [2.24, 2.45) is 0 Å². The number of aromatic nitrogens is 4. The van der Waals surface area contributed by atoms with Crippen LogP contribution in [0.5, 0.6) is 0 Å². The third-order valence-electron chi connectivity index (χ3n) is 2.06. The lowest BCUT2D eigenvalue weighted by Gasteiger charge is -2.16. The maximum Gasteiger partial charge on any atom is 0.203 e. The molecule has 16 heavy (non-hydrogen) atoms. The highest BCUT2D eigenvalue weighted by Gasteiger charge is 2.16. The zero-order chi connectivity index (χ0) is 11.8. The van der Waals surface area contributed by atoms with Gasteiger partial charge in [-0.1, -0.05) is 20.8 Å². The van der Waals surface area contributed by atoms with E-state index in [0.29, 0.717) is 16.0 Å². The van der Waals surface area contributed by atoms with Gasteiger partial charge in [-0.25, -0.2) is 4.98 Å². The molecular formula is C10H11ClN4S. The SMILES string of the molecule is CC(C)(C)c1ccc(-c2nsc(Cl)n2)nn1. The molecule has 0 N–H and O–H groups in total. The summed E-state index contributed by atoms with van der Waals surface area (Å²) in [6, 6.07) is 3.81. The molecule has 2 rings (SSSR count). The summed E-state index contributed by atoms with van der Waals surface area (Å²) in [4.78, 5) is 4.04. The molecule has 0 unspecified atom stereocenters. The van der Waals surface area contributed by atoms with E-state index in [1.807, 2.05) is 12.1 Å². The van der Waals surface area contributed by atoms with E-state index in [2.05, 4.69) is 40.3 Å². The molecule has 0 aromatic carbocycles. The minimum Gasteiger partial charge on any atom is -0.202 e. The highest BCUT2D eigenvalue weighted by atomic mass is 35.5. The molecular weight excluding hydrogens is 244 g/mol. The second-order valence-electron chi connectivity index (χ2n) is 4.42. The van der Waals surface area contributed by atoms with Crippen LogP contribution in [-0.2, 0) is 5.41 Å². The molecule has 0 aliphatic heterocycles. The zero-order valence-corrected chi connectivity index (χ0v) is 10.8. The normalized spacial score (nSPS) is 11.8. The van der Waals surface area contributed by atoms with Crippen molar-refractivity contribution in [3.05, 3.63) is 22.3 Å². The van der Waals surface area contributed by atoms with Crippen molar-refractivity contribution >= 4 is 23.1 Å². The smallest absolute Gasteiger partial charge is 0.202 e. The van der Waals surface area contributed by atoms with Gasteiger partial charge >= 0.3 is 0 Å². The van der Waals surface area contributed by atoms with Crippen molar-refractivity contribution in [3.8, 4) is 11.5 Å². The van der Waals surface area contributed by atoms with E-state index in [-0.39, 0.29) is 5.41 Å². The number of halogens is 1. The van der Waals surface area contributed by atoms with E-state index in [4.69, 9.17) is 11.6 Å². The summed E-state index contributed by atoms with van der Waals surface area (Å²) in [5, 5.41) is 8.27. The first-order valence-corrected chi connectivity index (χ1v) is 5.96. The molecule has 6 heteroatoms. The predicted octanol–water partition coefficient (Wildman–Crippen LogP) is 2.95. The van der Waals surface area contributed by atoms with Crippen LogP contribution in [0.2, 0.25) is 4.47 Å². The third kappa shape index (κ3) is 2.36. The van der Waals surface area contributed by atoms with Crippen LogP contribution in [0.4, 0.5) is 0 Å². The summed E-state index contributed by atoms with van der Waals surface area (Å²) >= 11 is 6.86. The maximum atomic E-state index is 5.71. The highest BCUT2D eigenvalue weighted by molar-refractivity contribution is 7.10. The molecule has 2 aromatic heterocycles. The van der Waals surface area contributed by atoms with E-state index in [9.17, 15) is 0 Å². The minimum absolute atomic E-state index is 0.00131. The van der Waals surface area contributed by atoms with Gasteiger partial charge in [0.1, 0.15) is 5.69 Å². The maximum absolute atomic E-state index is 5.71. The Morgan fingerprint density at radius 1 is 1.19 bits per heavy atom. The van der Waals surface area contributed by atoms with Gasteiger partial charge in [-0.15, -0.1) is 5.10 Å². The minimum atomic E-state index is -0.00131. The van der Waals surface area contributed by atoms with Gasteiger partial charge in [-0.05, 0) is 35.3 Å². The van der Waals surface area contributed by atoms with Crippen LogP contribution in [0.1, 0.15) is 26.5 Å². The Bertz CT molecular complexity index is 486. The average Bonchev–Trinajstić information content (AvgIpc) is 2.64. The monoisotopic (exact) mass is 254 g/mol. The first kappa shape index (κ1) is 11.4. The molecule has 4 nitrogen and oxygen atoms in total. The van der Waals surface area contributed by atoms with Crippen molar-refractivity contribution in [1.29, 1.82) is 0 Å². The fourth-order valence-corrected chi connectivity index (χ4v) is 1.77. The number of nitrogens with zero attached hydrogens (tertiary/aromatic N) is 4. The van der Waals surface area contributed by atoms with E-state index < -0.39 is 0 Å². The largest absolute Gasteiger partial charge is 0.203 e. The summed E-state index contributed by atoms with van der Waals surface area (Å²) in [7, 11) is 0. The first-order valence-electron chi connectivity index (χ1n) is 4.80. The zero-order valence-electron chi connectivity index (χ0n) is 9.23. The van der Waals surface area contributed by atoms with Crippen LogP contribution >= 0.6 is 23.1 Å². The molecule has 0 saturated heterocycles. The first-order chi connectivity index (χ1) is 7.47. The van der Waals surface area contributed by atoms with Gasteiger partial charge in [0.05, 0.1) is 5.69 Å². The molecule has 0 bridgehead atoms. The molecule has 0 aliphatic carbocycles. The summed E-state index contributed by atoms with van der Waals surface area (Å²) in [5.41, 5.74) is 1.59. The van der Waals surface area contributed by atoms with Gasteiger partial charge in [0.15, 0.2) is 5.82 Å². The molecule has 0 amide bonds. The summed E-state index contributed by atoms with van der Waals surface area (Å²) in [6.07, 6.45) is 0. The van der Waals surface area contributed by atoms with Crippen LogP contribution in [0.15, 0.2) is 12.1 Å². The Morgan fingerprint density at radius 2 is 1.94 bits per heavy atom. The summed E-state index contributed by atoms with van der Waals surface area (Å²) in [6.45, 7) is 6.28. The van der Waals surface area contributed by atoms with E-state index in [1.54, 1.807) is 0 Å². The van der Waals surface area contributed by atoms with Gasteiger partial charge < -0.3 is 0 Å². The van der Waals surface area contributed by atoms with Crippen LogP contribution < -0.4 is 0 Å². The van der Waals surface area contributed by atoms with Crippen LogP contribution in [-0.4, -0.2) is 19.6 Å². The van der Waals surface area contributed by atoms with E-state index in [0.717, 1.165) is 17.2 Å². The second kappa shape index (κ2) is 4.07. The van der Waals surface area contributed by atoms with Gasteiger partial charge in [0.2, 0.25) is 4.47 Å². The Balaban J connectivity index is 2.33. The Labute approximate surface area is 103 Å². The van der Waals surface area contributed by atoms with Crippen molar-refractivity contribution in [1.82, 2.24) is 19.6 Å². The van der Waals surface area contributed by atoms with Gasteiger partial charge in [-0.3, -0.25) is 0 Å². The lowest BCUT2D eigenvalue weighted by molar-refractivity contribution is 0.559. The highest BCUT2D eigenvalue weighted by Crippen LogP contribution is 2.22. The molecule has 0 spiro atoms. The van der Waals surface area contributed by atoms with Crippen molar-refractivity contribution < 1.29 is 0 Å². The third-order valence-corrected chi connectivity index (χ3v) is 2.86. The average molecular weight is 255 g/mol. The van der Waals surface area contributed by atoms with Crippen LogP contribution in [0, 0.1) is 0 Å². The van der Waals surface area contributed by atoms with Crippen molar-refractivity contribution in [2.45, 2.75) is 26.2 Å². The molecule has 2 heterocycles. The lowest BCUT2D eigenvalue weighted by atomic mass is 9.92. The number of rotatable bonds is 1. The fraction of sp³-hybridized carbons (Fsp3) is 0.400. The summed E-state index contributed by atoms with van der Waals surface area (Å²) < 4.78 is 4.49. The topological polar surface area (TPSA) is 51.6 Å². The van der Waals surface area contributed by atoms with E-state index in [1.165, 1.54) is 0 Å². The Morgan fingerprint density at radius 3 is 2.38 bits per heavy atom. The standard InChI is InChI=1S/C10H11ClN4S/c1-10(2,3)7-5-4-6(13-14-7)8-12-9(11)16-15-8/h4-5H,1-3H3. The van der Waals surface area contributed by atoms with Gasteiger partial charge in [0, 0.05) is 5.41 Å². The fourth-order valence-electron chi connectivity index (χ4n) is 1.16. The molecule has 0 aliphatic rings. The quantitative estimate of drug-likeness (QED) is 0.785. The lowest BCUT2D eigenvalue weighted by Crippen LogP contribution is -2.14. The molecule has 84 valence electrons. The molecule has 0 saturated carbocycles. The molecule has 2 aromatic rings. The Kier molecular flexibility index (Phi) is 2.90. The van der Waals surface area contributed by atoms with Gasteiger partial charge in [-0.2, -0.15) is 9.47 Å². The number of hydrogen-bond donors (Lipinski definition) is 0. The molecule has 0 fully saturated rings. The van der Waals surface area contributed by atoms with Crippen molar-refractivity contribution in [3.63, 3.8) is 0 Å². The number of hydrogen-bond acceptors (Lipinski definition) is 5. The predicted molar refractivity (Wildman–Crippen MR) is 64.6 cm³/mol. The molecule has 0 atom stereocenters. The second-order valence-corrected chi connectivity index (χ2v) is 5.76. The van der Waals surface area contributed by atoms with Crippen LogP contribution in [0.3, 0.4) is 0 Å². The van der Waals surface area contributed by atoms with Crippen LogP contribution in [0.25, 0.3) is 11.5 Å². The Hall–Kier alpha value is -1.07. The summed E-state index contributed by atoms with van der Waals surface area (Å²) in [5.74, 6) is 0.531. The molecule has 0 radical (unpaired) electrons. The van der Waals surface area contributed by atoms with E-state index >= 15 is 0 Å². The van der Waals surface area contributed by atoms with Gasteiger partial charge in [0.25, 0.3) is 0 Å². The van der Waals surface area contributed by atoms with Crippen molar-refractivity contribution in [2.75, 3.05) is 0 Å².